The summed E-state index contributed by atoms with van der Waals surface area (Å²) in [6.07, 6.45) is -2.66. The monoisotopic (exact) mass is 276 g/mol. The van der Waals surface area contributed by atoms with Crippen LogP contribution in [-0.2, 0) is 0 Å². The summed E-state index contributed by atoms with van der Waals surface area (Å²) in [6.45, 7) is 4.12. The number of benzene rings is 1. The van der Waals surface area contributed by atoms with Crippen LogP contribution in [0.2, 0.25) is 0 Å². The van der Waals surface area contributed by atoms with Gasteiger partial charge in [-0.05, 0) is 30.0 Å². The minimum Gasteiger partial charge on any atom is -0.406 e. The maximum atomic E-state index is 12.0. The van der Waals surface area contributed by atoms with Crippen molar-refractivity contribution in [3.05, 3.63) is 29.8 Å². The summed E-state index contributed by atoms with van der Waals surface area (Å²) in [5.74, 6) is 5.58. The zero-order valence-corrected chi connectivity index (χ0v) is 11.0. The summed E-state index contributed by atoms with van der Waals surface area (Å²) < 4.78 is 39.9. The lowest BCUT2D eigenvalue weighted by molar-refractivity contribution is -0.274. The summed E-state index contributed by atoms with van der Waals surface area (Å²) in [4.78, 5) is 0. The highest BCUT2D eigenvalue weighted by atomic mass is 19.4. The Hall–Kier alpha value is -1.27. The molecule has 0 bridgehead atoms. The van der Waals surface area contributed by atoms with Crippen LogP contribution >= 0.6 is 0 Å². The molecule has 0 amide bonds. The van der Waals surface area contributed by atoms with Gasteiger partial charge in [0.1, 0.15) is 5.75 Å². The predicted octanol–water partition coefficient (Wildman–Crippen LogP) is 3.53. The number of alkyl halides is 3. The molecule has 0 aromatic heterocycles. The Bertz CT molecular complexity index is 378. The molecule has 1 aromatic carbocycles. The molecule has 2 unspecified atom stereocenters. The molecule has 0 aliphatic carbocycles. The highest BCUT2D eigenvalue weighted by Crippen LogP contribution is 2.28. The Morgan fingerprint density at radius 3 is 2.26 bits per heavy atom. The predicted molar refractivity (Wildman–Crippen MR) is 67.3 cm³/mol. The van der Waals surface area contributed by atoms with Gasteiger partial charge >= 0.3 is 6.36 Å². The molecule has 0 fully saturated rings. The fourth-order valence-electron chi connectivity index (χ4n) is 2.09. The molecule has 1 rings (SSSR count). The van der Waals surface area contributed by atoms with Crippen LogP contribution in [0.1, 0.15) is 38.3 Å². The second-order valence-corrected chi connectivity index (χ2v) is 4.53. The molecule has 0 radical (unpaired) electrons. The van der Waals surface area contributed by atoms with E-state index in [9.17, 15) is 13.2 Å². The van der Waals surface area contributed by atoms with E-state index in [4.69, 9.17) is 5.84 Å². The van der Waals surface area contributed by atoms with E-state index in [0.717, 1.165) is 18.4 Å². The molecule has 19 heavy (non-hydrogen) atoms. The van der Waals surface area contributed by atoms with Gasteiger partial charge in [-0.3, -0.25) is 11.3 Å². The van der Waals surface area contributed by atoms with Gasteiger partial charge in [-0.15, -0.1) is 13.2 Å². The number of rotatable bonds is 6. The zero-order chi connectivity index (χ0) is 14.5. The first-order valence-electron chi connectivity index (χ1n) is 6.19. The largest absolute Gasteiger partial charge is 0.573 e. The van der Waals surface area contributed by atoms with E-state index >= 15 is 0 Å². The maximum absolute atomic E-state index is 12.0. The first-order valence-corrected chi connectivity index (χ1v) is 6.19. The van der Waals surface area contributed by atoms with Crippen molar-refractivity contribution < 1.29 is 17.9 Å². The Morgan fingerprint density at radius 1 is 1.26 bits per heavy atom. The van der Waals surface area contributed by atoms with Gasteiger partial charge in [0.25, 0.3) is 0 Å². The van der Waals surface area contributed by atoms with Crippen LogP contribution in [0, 0.1) is 5.92 Å². The highest BCUT2D eigenvalue weighted by molar-refractivity contribution is 5.29. The van der Waals surface area contributed by atoms with Gasteiger partial charge in [-0.2, -0.15) is 0 Å². The molecule has 0 aliphatic rings. The number of hydrogen-bond acceptors (Lipinski definition) is 3. The van der Waals surface area contributed by atoms with E-state index in [-0.39, 0.29) is 11.8 Å². The SMILES string of the molecule is CCCC(C)C(NN)c1ccc(OC(F)(F)F)cc1. The van der Waals surface area contributed by atoms with E-state index in [1.54, 1.807) is 12.1 Å². The van der Waals surface area contributed by atoms with Crippen LogP contribution in [0.25, 0.3) is 0 Å². The molecule has 0 spiro atoms. The van der Waals surface area contributed by atoms with Gasteiger partial charge in [0.15, 0.2) is 0 Å². The fraction of sp³-hybridized carbons (Fsp3) is 0.538. The summed E-state index contributed by atoms with van der Waals surface area (Å²) in [5.41, 5.74) is 3.55. The minimum atomic E-state index is -4.66. The normalized spacial score (nSPS) is 15.1. The van der Waals surface area contributed by atoms with Crippen molar-refractivity contribution in [3.63, 3.8) is 0 Å². The van der Waals surface area contributed by atoms with Crippen LogP contribution < -0.4 is 16.0 Å². The molecule has 1 aromatic rings. The number of nitrogens with two attached hydrogens (primary N) is 1. The van der Waals surface area contributed by atoms with E-state index < -0.39 is 6.36 Å². The molecule has 0 saturated heterocycles. The second-order valence-electron chi connectivity index (χ2n) is 4.53. The Balaban J connectivity index is 2.78. The van der Waals surface area contributed by atoms with Gasteiger partial charge in [-0.25, -0.2) is 0 Å². The molecule has 0 heterocycles. The standard InChI is InChI=1S/C13H19F3N2O/c1-3-4-9(2)12(18-17)10-5-7-11(8-6-10)19-13(14,15)16/h5-9,12,18H,3-4,17H2,1-2H3. The number of hydrazine groups is 1. The van der Waals surface area contributed by atoms with E-state index in [1.165, 1.54) is 12.1 Å². The van der Waals surface area contributed by atoms with Crippen LogP contribution in [-0.4, -0.2) is 6.36 Å². The number of hydrogen-bond donors (Lipinski definition) is 2. The van der Waals surface area contributed by atoms with Crippen LogP contribution in [0.4, 0.5) is 13.2 Å². The van der Waals surface area contributed by atoms with Crippen LogP contribution in [0.3, 0.4) is 0 Å². The van der Waals surface area contributed by atoms with Crippen molar-refractivity contribution in [1.29, 1.82) is 0 Å². The molecule has 3 nitrogen and oxygen atoms in total. The summed E-state index contributed by atoms with van der Waals surface area (Å²) in [7, 11) is 0. The quantitative estimate of drug-likeness (QED) is 0.617. The number of ether oxygens (including phenoxy) is 1. The first-order chi connectivity index (χ1) is 8.87. The van der Waals surface area contributed by atoms with Crippen molar-refractivity contribution in [2.75, 3.05) is 0 Å². The average Bonchev–Trinajstić information content (AvgIpc) is 2.30. The van der Waals surface area contributed by atoms with Crippen LogP contribution in [0.15, 0.2) is 24.3 Å². The Kier molecular flexibility index (Phi) is 5.62. The third kappa shape index (κ3) is 5.08. The molecule has 0 aliphatic heterocycles. The van der Waals surface area contributed by atoms with E-state index in [2.05, 4.69) is 17.1 Å². The van der Waals surface area contributed by atoms with Crippen molar-refractivity contribution in [2.24, 2.45) is 11.8 Å². The first kappa shape index (κ1) is 15.8. The summed E-state index contributed by atoms with van der Waals surface area (Å²) in [6, 6.07) is 5.70. The Morgan fingerprint density at radius 2 is 1.84 bits per heavy atom. The molecule has 0 saturated carbocycles. The smallest absolute Gasteiger partial charge is 0.406 e. The molecule has 2 atom stereocenters. The molecule has 3 N–H and O–H groups in total. The molecular formula is C13H19F3N2O. The average molecular weight is 276 g/mol. The van der Waals surface area contributed by atoms with Crippen molar-refractivity contribution in [2.45, 2.75) is 39.1 Å². The van der Waals surface area contributed by atoms with Crippen molar-refractivity contribution in [3.8, 4) is 5.75 Å². The van der Waals surface area contributed by atoms with E-state index in [0.29, 0.717) is 5.92 Å². The van der Waals surface area contributed by atoms with Crippen LogP contribution in [0.5, 0.6) is 5.75 Å². The lowest BCUT2D eigenvalue weighted by Crippen LogP contribution is -2.32. The van der Waals surface area contributed by atoms with Gasteiger partial charge in [0, 0.05) is 6.04 Å². The topological polar surface area (TPSA) is 47.3 Å². The molecular weight excluding hydrogens is 257 g/mol. The van der Waals surface area contributed by atoms with Gasteiger partial charge in [0.2, 0.25) is 0 Å². The van der Waals surface area contributed by atoms with Crippen molar-refractivity contribution >= 4 is 0 Å². The summed E-state index contributed by atoms with van der Waals surface area (Å²) >= 11 is 0. The fourth-order valence-corrected chi connectivity index (χ4v) is 2.09. The summed E-state index contributed by atoms with van der Waals surface area (Å²) in [5, 5.41) is 0. The second kappa shape index (κ2) is 6.77. The zero-order valence-electron chi connectivity index (χ0n) is 11.0. The van der Waals surface area contributed by atoms with Gasteiger partial charge in [0.05, 0.1) is 0 Å². The van der Waals surface area contributed by atoms with E-state index in [1.807, 2.05) is 6.92 Å². The Labute approximate surface area is 110 Å². The molecule has 6 heteroatoms. The lowest BCUT2D eigenvalue weighted by atomic mass is 9.91. The number of nitrogens with one attached hydrogen (secondary N) is 1. The van der Waals surface area contributed by atoms with Crippen molar-refractivity contribution in [1.82, 2.24) is 5.43 Å². The lowest BCUT2D eigenvalue weighted by Gasteiger charge is -2.23. The number of halogens is 3. The third-order valence-corrected chi connectivity index (χ3v) is 2.97. The highest BCUT2D eigenvalue weighted by Gasteiger charge is 2.31. The molecule has 108 valence electrons. The third-order valence-electron chi connectivity index (χ3n) is 2.97. The maximum Gasteiger partial charge on any atom is 0.573 e. The van der Waals surface area contributed by atoms with Gasteiger partial charge < -0.3 is 4.74 Å². The minimum absolute atomic E-state index is 0.0834. The van der Waals surface area contributed by atoms with Gasteiger partial charge in [-0.1, -0.05) is 32.4 Å².